The summed E-state index contributed by atoms with van der Waals surface area (Å²) in [6.45, 7) is 3.12. The number of aromatic nitrogens is 1. The maximum Gasteiger partial charge on any atom is 0.354 e. The van der Waals surface area contributed by atoms with Gasteiger partial charge < -0.3 is 10.0 Å². The van der Waals surface area contributed by atoms with E-state index in [4.69, 9.17) is 5.11 Å². The lowest BCUT2D eigenvalue weighted by Crippen LogP contribution is -2.33. The van der Waals surface area contributed by atoms with E-state index in [1.807, 2.05) is 17.4 Å². The van der Waals surface area contributed by atoms with Crippen molar-refractivity contribution >= 4 is 23.0 Å². The van der Waals surface area contributed by atoms with Crippen molar-refractivity contribution in [3.05, 3.63) is 45.9 Å². The number of anilines is 1. The minimum absolute atomic E-state index is 0.0876. The minimum atomic E-state index is -0.988. The molecule has 0 saturated heterocycles. The number of pyridine rings is 1. The van der Waals surface area contributed by atoms with Crippen molar-refractivity contribution in [2.24, 2.45) is 0 Å². The number of hydrogen-bond acceptors (Lipinski definition) is 4. The van der Waals surface area contributed by atoms with E-state index in [-0.39, 0.29) is 5.69 Å². The number of hydrogen-bond donors (Lipinski definition) is 1. The molecule has 1 atom stereocenters. The smallest absolute Gasteiger partial charge is 0.354 e. The molecular weight excluding hydrogens is 260 g/mol. The zero-order valence-corrected chi connectivity index (χ0v) is 11.4. The lowest BCUT2D eigenvalue weighted by Gasteiger charge is -2.35. The second kappa shape index (κ2) is 4.66. The van der Waals surface area contributed by atoms with Crippen LogP contribution in [0.1, 0.15) is 33.9 Å². The molecule has 3 heterocycles. The SMILES string of the molecule is CC1c2ccsc2CCN1c1ccc(C(=O)O)nc1. The Morgan fingerprint density at radius 3 is 3.00 bits per heavy atom. The Morgan fingerprint density at radius 1 is 1.47 bits per heavy atom. The first-order chi connectivity index (χ1) is 9.16. The number of fused-ring (bicyclic) bond motifs is 1. The van der Waals surface area contributed by atoms with Crippen LogP contribution in [0, 0.1) is 0 Å². The molecule has 3 rings (SSSR count). The van der Waals surface area contributed by atoms with Gasteiger partial charge in [0.25, 0.3) is 0 Å². The van der Waals surface area contributed by atoms with Crippen molar-refractivity contribution in [3.8, 4) is 0 Å². The highest BCUT2D eigenvalue weighted by atomic mass is 32.1. The topological polar surface area (TPSA) is 53.4 Å². The Labute approximate surface area is 115 Å². The monoisotopic (exact) mass is 274 g/mol. The van der Waals surface area contributed by atoms with Crippen molar-refractivity contribution < 1.29 is 9.90 Å². The highest BCUT2D eigenvalue weighted by Gasteiger charge is 2.25. The van der Waals surface area contributed by atoms with Crippen LogP contribution >= 0.6 is 11.3 Å². The Balaban J connectivity index is 1.89. The summed E-state index contributed by atoms with van der Waals surface area (Å²) < 4.78 is 0. The molecule has 2 aromatic heterocycles. The Kier molecular flexibility index (Phi) is 2.98. The molecule has 98 valence electrons. The van der Waals surface area contributed by atoms with Crippen LogP contribution < -0.4 is 4.90 Å². The molecule has 0 amide bonds. The summed E-state index contributed by atoms with van der Waals surface area (Å²) in [6.07, 6.45) is 2.69. The van der Waals surface area contributed by atoms with Gasteiger partial charge in [0.15, 0.2) is 0 Å². The van der Waals surface area contributed by atoms with Gasteiger partial charge in [-0.05, 0) is 42.5 Å². The van der Waals surface area contributed by atoms with Crippen LogP contribution in [-0.2, 0) is 6.42 Å². The average molecular weight is 274 g/mol. The number of thiophene rings is 1. The molecule has 0 aliphatic carbocycles. The van der Waals surface area contributed by atoms with E-state index in [0.717, 1.165) is 18.7 Å². The maximum absolute atomic E-state index is 10.8. The van der Waals surface area contributed by atoms with E-state index in [0.29, 0.717) is 6.04 Å². The average Bonchev–Trinajstić information content (AvgIpc) is 2.88. The van der Waals surface area contributed by atoms with Crippen LogP contribution in [0.4, 0.5) is 5.69 Å². The third-order valence-electron chi connectivity index (χ3n) is 3.58. The lowest BCUT2D eigenvalue weighted by molar-refractivity contribution is 0.0690. The van der Waals surface area contributed by atoms with E-state index in [1.54, 1.807) is 12.3 Å². The van der Waals surface area contributed by atoms with Crippen LogP contribution in [0.25, 0.3) is 0 Å². The second-order valence-corrected chi connectivity index (χ2v) is 5.63. The zero-order valence-electron chi connectivity index (χ0n) is 10.5. The molecule has 1 unspecified atom stereocenters. The first-order valence-corrected chi connectivity index (χ1v) is 7.07. The molecule has 1 aliphatic heterocycles. The number of carbonyl (C=O) groups is 1. The van der Waals surface area contributed by atoms with Crippen molar-refractivity contribution in [1.29, 1.82) is 0 Å². The Bertz CT molecular complexity index is 606. The fraction of sp³-hybridized carbons (Fsp3) is 0.286. The highest BCUT2D eigenvalue weighted by molar-refractivity contribution is 7.10. The highest BCUT2D eigenvalue weighted by Crippen LogP contribution is 2.35. The summed E-state index contributed by atoms with van der Waals surface area (Å²) in [4.78, 5) is 18.5. The third-order valence-corrected chi connectivity index (χ3v) is 4.57. The van der Waals surface area contributed by atoms with E-state index in [2.05, 4.69) is 28.3 Å². The van der Waals surface area contributed by atoms with Crippen molar-refractivity contribution in [2.45, 2.75) is 19.4 Å². The van der Waals surface area contributed by atoms with Crippen LogP contribution in [0.15, 0.2) is 29.8 Å². The van der Waals surface area contributed by atoms with Crippen molar-refractivity contribution in [2.75, 3.05) is 11.4 Å². The van der Waals surface area contributed by atoms with Crippen LogP contribution in [0.3, 0.4) is 0 Å². The Hall–Kier alpha value is -1.88. The summed E-state index contributed by atoms with van der Waals surface area (Å²) in [5, 5.41) is 11.0. The lowest BCUT2D eigenvalue weighted by atomic mass is 10.0. The molecular formula is C14H14N2O2S. The molecule has 0 bridgehead atoms. The predicted molar refractivity (Wildman–Crippen MR) is 75.0 cm³/mol. The second-order valence-electron chi connectivity index (χ2n) is 4.63. The number of aromatic carboxylic acids is 1. The van der Waals surface area contributed by atoms with E-state index in [9.17, 15) is 4.79 Å². The summed E-state index contributed by atoms with van der Waals surface area (Å²) in [5.41, 5.74) is 2.44. The van der Waals surface area contributed by atoms with Gasteiger partial charge in [-0.25, -0.2) is 9.78 Å². The molecule has 0 fully saturated rings. The predicted octanol–water partition coefficient (Wildman–Crippen LogP) is 2.97. The van der Waals surface area contributed by atoms with Gasteiger partial charge in [0.05, 0.1) is 17.9 Å². The zero-order chi connectivity index (χ0) is 13.4. The normalized spacial score (nSPS) is 18.2. The third kappa shape index (κ3) is 2.10. The molecule has 1 aliphatic rings. The summed E-state index contributed by atoms with van der Waals surface area (Å²) in [6, 6.07) is 5.89. The van der Waals surface area contributed by atoms with Crippen molar-refractivity contribution in [3.63, 3.8) is 0 Å². The van der Waals surface area contributed by atoms with Gasteiger partial charge in [0, 0.05) is 11.4 Å². The molecule has 19 heavy (non-hydrogen) atoms. The number of rotatable bonds is 2. The molecule has 4 nitrogen and oxygen atoms in total. The van der Waals surface area contributed by atoms with E-state index < -0.39 is 5.97 Å². The van der Waals surface area contributed by atoms with Crippen LogP contribution in [-0.4, -0.2) is 22.6 Å². The first-order valence-electron chi connectivity index (χ1n) is 6.19. The molecule has 5 heteroatoms. The van der Waals surface area contributed by atoms with Gasteiger partial charge in [-0.1, -0.05) is 0 Å². The summed E-state index contributed by atoms with van der Waals surface area (Å²) in [7, 11) is 0. The quantitative estimate of drug-likeness (QED) is 0.914. The number of nitrogens with zero attached hydrogens (tertiary/aromatic N) is 2. The van der Waals surface area contributed by atoms with Crippen molar-refractivity contribution in [1.82, 2.24) is 4.98 Å². The molecule has 2 aromatic rings. The van der Waals surface area contributed by atoms with E-state index >= 15 is 0 Å². The first kappa shape index (κ1) is 12.2. The molecule has 0 radical (unpaired) electrons. The molecule has 0 spiro atoms. The van der Waals surface area contributed by atoms with Gasteiger partial charge in [-0.15, -0.1) is 11.3 Å². The standard InChI is InChI=1S/C14H14N2O2S/c1-9-11-5-7-19-13(11)4-6-16(9)10-2-3-12(14(17)18)15-8-10/h2-3,5,7-9H,4,6H2,1H3,(H,17,18). The van der Waals surface area contributed by atoms with Gasteiger partial charge in [-0.3, -0.25) is 0 Å². The summed E-state index contributed by atoms with van der Waals surface area (Å²) in [5.74, 6) is -0.988. The van der Waals surface area contributed by atoms with Crippen LogP contribution in [0.5, 0.6) is 0 Å². The minimum Gasteiger partial charge on any atom is -0.477 e. The Morgan fingerprint density at radius 2 is 2.32 bits per heavy atom. The number of carboxylic acids is 1. The van der Waals surface area contributed by atoms with Gasteiger partial charge in [0.2, 0.25) is 0 Å². The largest absolute Gasteiger partial charge is 0.477 e. The molecule has 0 saturated carbocycles. The fourth-order valence-electron chi connectivity index (χ4n) is 2.54. The maximum atomic E-state index is 10.8. The molecule has 0 aromatic carbocycles. The van der Waals surface area contributed by atoms with Gasteiger partial charge in [0.1, 0.15) is 5.69 Å². The van der Waals surface area contributed by atoms with Gasteiger partial charge >= 0.3 is 5.97 Å². The summed E-state index contributed by atoms with van der Waals surface area (Å²) >= 11 is 1.81. The van der Waals surface area contributed by atoms with Gasteiger partial charge in [-0.2, -0.15) is 0 Å². The van der Waals surface area contributed by atoms with Crippen LogP contribution in [0.2, 0.25) is 0 Å². The number of carboxylic acid groups (broad SMARTS) is 1. The fourth-order valence-corrected chi connectivity index (χ4v) is 3.51. The molecule has 1 N–H and O–H groups in total. The van der Waals surface area contributed by atoms with E-state index in [1.165, 1.54) is 10.4 Å².